The Bertz CT molecular complexity index is 576. The summed E-state index contributed by atoms with van der Waals surface area (Å²) in [6.07, 6.45) is 4.21. The van der Waals surface area contributed by atoms with E-state index in [-0.39, 0.29) is 6.09 Å². The molecule has 4 nitrogen and oxygen atoms in total. The molecule has 1 saturated carbocycles. The number of likely N-dealkylation sites (tertiary alicyclic amines) is 1. The van der Waals surface area contributed by atoms with Crippen LogP contribution in [0.1, 0.15) is 52.0 Å². The van der Waals surface area contributed by atoms with Crippen molar-refractivity contribution in [3.05, 3.63) is 35.9 Å². The molecule has 2 fully saturated rings. The van der Waals surface area contributed by atoms with E-state index in [9.17, 15) is 4.79 Å². The van der Waals surface area contributed by atoms with Gasteiger partial charge in [0, 0.05) is 25.6 Å². The van der Waals surface area contributed by atoms with Crippen LogP contribution in [0.4, 0.5) is 4.79 Å². The second-order valence-corrected chi connectivity index (χ2v) is 8.08. The molecule has 1 aromatic carbocycles. The number of benzene rings is 1. The van der Waals surface area contributed by atoms with Gasteiger partial charge in [-0.25, -0.2) is 4.79 Å². The van der Waals surface area contributed by atoms with Crippen LogP contribution in [-0.4, -0.2) is 30.2 Å². The highest BCUT2D eigenvalue weighted by Crippen LogP contribution is 2.49. The van der Waals surface area contributed by atoms with Gasteiger partial charge in [0.1, 0.15) is 5.60 Å². The third-order valence-electron chi connectivity index (χ3n) is 5.16. The maximum atomic E-state index is 12.9. The molecule has 2 atom stereocenters. The second kappa shape index (κ2) is 6.40. The minimum absolute atomic E-state index is 0.289. The van der Waals surface area contributed by atoms with Gasteiger partial charge in [-0.15, -0.1) is 0 Å². The van der Waals surface area contributed by atoms with Crippen LogP contribution in [0.3, 0.4) is 0 Å². The van der Waals surface area contributed by atoms with E-state index in [1.54, 1.807) is 12.0 Å². The van der Waals surface area contributed by atoms with Crippen molar-refractivity contribution in [3.8, 4) is 0 Å². The van der Waals surface area contributed by atoms with E-state index < -0.39 is 11.3 Å². The molecule has 1 aromatic rings. The number of piperidine rings is 1. The fraction of sp³-hybridized carbons (Fsp3) is 0.650. The fourth-order valence-electron chi connectivity index (χ4n) is 3.85. The van der Waals surface area contributed by atoms with Crippen LogP contribution in [0.2, 0.25) is 0 Å². The molecule has 1 heterocycles. The number of hydrogen-bond acceptors (Lipinski definition) is 3. The number of ether oxygens (including phenoxy) is 2. The average molecular weight is 331 g/mol. The molecule has 132 valence electrons. The lowest BCUT2D eigenvalue weighted by Crippen LogP contribution is -2.56. The highest BCUT2D eigenvalue weighted by molar-refractivity contribution is 5.69. The number of rotatable bonds is 3. The van der Waals surface area contributed by atoms with Crippen LogP contribution in [0.5, 0.6) is 0 Å². The lowest BCUT2D eigenvalue weighted by Gasteiger charge is -2.48. The van der Waals surface area contributed by atoms with Crippen LogP contribution < -0.4 is 0 Å². The molecule has 1 aliphatic carbocycles. The summed E-state index contributed by atoms with van der Waals surface area (Å²) in [5.74, 6) is 1.41. The summed E-state index contributed by atoms with van der Waals surface area (Å²) in [5.41, 5.74) is -0.209. The summed E-state index contributed by atoms with van der Waals surface area (Å²) in [5, 5.41) is 0. The molecule has 1 saturated heterocycles. The first-order chi connectivity index (χ1) is 11.4. The zero-order valence-electron chi connectivity index (χ0n) is 15.2. The first kappa shape index (κ1) is 17.3. The zero-order chi connectivity index (χ0) is 17.4. The number of nitrogens with zero attached hydrogens (tertiary/aromatic N) is 1. The van der Waals surface area contributed by atoms with Crippen molar-refractivity contribution in [2.75, 3.05) is 13.7 Å². The van der Waals surface area contributed by atoms with Gasteiger partial charge in [-0.2, -0.15) is 0 Å². The van der Waals surface area contributed by atoms with Gasteiger partial charge in [-0.1, -0.05) is 30.3 Å². The van der Waals surface area contributed by atoms with Crippen LogP contribution in [0.15, 0.2) is 30.3 Å². The van der Waals surface area contributed by atoms with Gasteiger partial charge in [0.15, 0.2) is 5.72 Å². The Kier molecular flexibility index (Phi) is 4.60. The van der Waals surface area contributed by atoms with Crippen molar-refractivity contribution in [2.45, 2.75) is 57.8 Å². The van der Waals surface area contributed by atoms with Crippen molar-refractivity contribution in [3.63, 3.8) is 0 Å². The topological polar surface area (TPSA) is 38.8 Å². The lowest BCUT2D eigenvalue weighted by molar-refractivity contribution is -0.170. The standard InChI is InChI=1S/C20H29NO3/c1-19(2,3)24-18(22)21-13-12-16(15-10-11-15)14-20(21,23-4)17-8-6-5-7-9-17/h5-9,15-16H,10-14H2,1-4H3. The van der Waals surface area contributed by atoms with Crippen molar-refractivity contribution in [2.24, 2.45) is 11.8 Å². The highest BCUT2D eigenvalue weighted by Gasteiger charge is 2.50. The quantitative estimate of drug-likeness (QED) is 0.816. The van der Waals surface area contributed by atoms with E-state index in [1.165, 1.54) is 12.8 Å². The van der Waals surface area contributed by atoms with Crippen LogP contribution in [0, 0.1) is 11.8 Å². The molecular formula is C20H29NO3. The van der Waals surface area contributed by atoms with Gasteiger partial charge in [-0.3, -0.25) is 4.90 Å². The Morgan fingerprint density at radius 3 is 2.33 bits per heavy atom. The smallest absolute Gasteiger partial charge is 0.412 e. The van der Waals surface area contributed by atoms with E-state index in [0.717, 1.165) is 24.3 Å². The van der Waals surface area contributed by atoms with Crippen LogP contribution >= 0.6 is 0 Å². The molecular weight excluding hydrogens is 302 g/mol. The Morgan fingerprint density at radius 1 is 1.12 bits per heavy atom. The van der Waals surface area contributed by atoms with E-state index in [0.29, 0.717) is 12.5 Å². The summed E-state index contributed by atoms with van der Waals surface area (Å²) in [4.78, 5) is 14.7. The largest absolute Gasteiger partial charge is 0.444 e. The third-order valence-corrected chi connectivity index (χ3v) is 5.16. The van der Waals surface area contributed by atoms with E-state index >= 15 is 0 Å². The van der Waals surface area contributed by atoms with E-state index in [1.807, 2.05) is 39.0 Å². The van der Waals surface area contributed by atoms with Gasteiger partial charge in [0.05, 0.1) is 0 Å². The van der Waals surface area contributed by atoms with Crippen LogP contribution in [-0.2, 0) is 15.2 Å². The second-order valence-electron chi connectivity index (χ2n) is 8.08. The summed E-state index contributed by atoms with van der Waals surface area (Å²) >= 11 is 0. The summed E-state index contributed by atoms with van der Waals surface area (Å²) < 4.78 is 11.7. The first-order valence-electron chi connectivity index (χ1n) is 8.97. The van der Waals surface area contributed by atoms with Gasteiger partial charge in [0.25, 0.3) is 0 Å². The minimum Gasteiger partial charge on any atom is -0.444 e. The minimum atomic E-state index is -0.727. The molecule has 1 amide bonds. The normalized spacial score (nSPS) is 27.8. The molecule has 0 bridgehead atoms. The van der Waals surface area contributed by atoms with Gasteiger partial charge < -0.3 is 9.47 Å². The molecule has 1 aliphatic heterocycles. The molecule has 2 aliphatic rings. The monoisotopic (exact) mass is 331 g/mol. The Labute approximate surface area is 145 Å². The van der Waals surface area contributed by atoms with Gasteiger partial charge in [0.2, 0.25) is 0 Å². The predicted octanol–water partition coefficient (Wildman–Crippen LogP) is 4.54. The molecule has 24 heavy (non-hydrogen) atoms. The van der Waals surface area contributed by atoms with Gasteiger partial charge >= 0.3 is 6.09 Å². The number of methoxy groups -OCH3 is 1. The molecule has 0 radical (unpaired) electrons. The molecule has 3 rings (SSSR count). The summed E-state index contributed by atoms with van der Waals surface area (Å²) in [6, 6.07) is 10.1. The SMILES string of the molecule is COC1(c2ccccc2)CC(C2CC2)CCN1C(=O)OC(C)(C)C. The Balaban J connectivity index is 1.94. The third kappa shape index (κ3) is 3.44. The average Bonchev–Trinajstić information content (AvgIpc) is 3.38. The fourth-order valence-corrected chi connectivity index (χ4v) is 3.85. The van der Waals surface area contributed by atoms with Crippen molar-refractivity contribution in [1.29, 1.82) is 0 Å². The molecule has 0 aromatic heterocycles. The number of hydrogen-bond donors (Lipinski definition) is 0. The lowest BCUT2D eigenvalue weighted by atomic mass is 9.81. The number of carbonyl (C=O) groups excluding carboxylic acids is 1. The van der Waals surface area contributed by atoms with Crippen molar-refractivity contribution >= 4 is 6.09 Å². The van der Waals surface area contributed by atoms with Crippen molar-refractivity contribution in [1.82, 2.24) is 4.90 Å². The number of carbonyl (C=O) groups is 1. The predicted molar refractivity (Wildman–Crippen MR) is 93.5 cm³/mol. The highest BCUT2D eigenvalue weighted by atomic mass is 16.6. The molecule has 0 N–H and O–H groups in total. The van der Waals surface area contributed by atoms with E-state index in [2.05, 4.69) is 12.1 Å². The van der Waals surface area contributed by atoms with Gasteiger partial charge in [-0.05, 0) is 51.9 Å². The van der Waals surface area contributed by atoms with Crippen molar-refractivity contribution < 1.29 is 14.3 Å². The maximum Gasteiger partial charge on any atom is 0.412 e. The summed E-state index contributed by atoms with van der Waals surface area (Å²) in [6.45, 7) is 6.38. The first-order valence-corrected chi connectivity index (χ1v) is 8.97. The zero-order valence-corrected chi connectivity index (χ0v) is 15.2. The Hall–Kier alpha value is -1.55. The van der Waals surface area contributed by atoms with E-state index in [4.69, 9.17) is 9.47 Å². The molecule has 0 spiro atoms. The van der Waals surface area contributed by atoms with Crippen LogP contribution in [0.25, 0.3) is 0 Å². The molecule has 4 heteroatoms. The molecule has 2 unspecified atom stereocenters. The number of amides is 1. The maximum absolute atomic E-state index is 12.9. The Morgan fingerprint density at radius 2 is 1.79 bits per heavy atom. The summed E-state index contributed by atoms with van der Waals surface area (Å²) in [7, 11) is 1.71.